The molecule has 0 radical (unpaired) electrons. The van der Waals surface area contributed by atoms with Crippen LogP contribution >= 0.6 is 0 Å². The maximum Gasteiger partial charge on any atom is 0.169 e. The van der Waals surface area contributed by atoms with Crippen molar-refractivity contribution in [2.45, 2.75) is 43.6 Å². The van der Waals surface area contributed by atoms with Crippen LogP contribution in [0.2, 0.25) is 0 Å². The van der Waals surface area contributed by atoms with Crippen molar-refractivity contribution < 1.29 is 29.6 Å². The van der Waals surface area contributed by atoms with Crippen LogP contribution in [-0.2, 0) is 10.2 Å². The second-order valence-electron chi connectivity index (χ2n) is 6.23. The first-order chi connectivity index (χ1) is 10.3. The standard InChI is InChI=1S/C16H18O6/c1-15-11(19)4-3-5-16(15,21)7-9(18)12-8(17)6-10(22-2)14(20)13(12)15/h6,17,20-21H,3-5,7H2,1-2H3. The van der Waals surface area contributed by atoms with E-state index in [1.54, 1.807) is 0 Å². The Hall–Kier alpha value is -2.08. The molecule has 0 amide bonds. The van der Waals surface area contributed by atoms with E-state index in [1.807, 2.05) is 0 Å². The lowest BCUT2D eigenvalue weighted by Gasteiger charge is -2.50. The van der Waals surface area contributed by atoms with Gasteiger partial charge in [-0.2, -0.15) is 0 Å². The Balaban J connectivity index is 2.41. The molecule has 6 heteroatoms. The molecule has 118 valence electrons. The largest absolute Gasteiger partial charge is 0.507 e. The average molecular weight is 306 g/mol. The van der Waals surface area contributed by atoms with E-state index in [-0.39, 0.29) is 53.4 Å². The van der Waals surface area contributed by atoms with Gasteiger partial charge in [-0.05, 0) is 19.8 Å². The second kappa shape index (κ2) is 4.46. The van der Waals surface area contributed by atoms with Crippen LogP contribution in [-0.4, -0.2) is 39.6 Å². The van der Waals surface area contributed by atoms with Gasteiger partial charge in [-0.15, -0.1) is 0 Å². The Bertz CT molecular complexity index is 694. The minimum atomic E-state index is -1.55. The van der Waals surface area contributed by atoms with E-state index in [1.165, 1.54) is 14.0 Å². The summed E-state index contributed by atoms with van der Waals surface area (Å²) in [6.45, 7) is 1.53. The number of methoxy groups -OCH3 is 1. The Morgan fingerprint density at radius 1 is 1.27 bits per heavy atom. The second-order valence-corrected chi connectivity index (χ2v) is 6.23. The van der Waals surface area contributed by atoms with E-state index < -0.39 is 16.8 Å². The third-order valence-electron chi connectivity index (χ3n) is 5.18. The maximum atomic E-state index is 12.6. The normalized spacial score (nSPS) is 30.7. The van der Waals surface area contributed by atoms with Crippen molar-refractivity contribution in [2.75, 3.05) is 7.11 Å². The highest BCUT2D eigenvalue weighted by molar-refractivity contribution is 6.08. The fraction of sp³-hybridized carbons (Fsp3) is 0.500. The molecular weight excluding hydrogens is 288 g/mol. The molecule has 6 nitrogen and oxygen atoms in total. The number of phenolic OH excluding ortho intramolecular Hbond substituents is 2. The lowest BCUT2D eigenvalue weighted by atomic mass is 9.54. The number of ketones is 2. The number of fused-ring (bicyclic) bond motifs is 3. The summed E-state index contributed by atoms with van der Waals surface area (Å²) in [5, 5.41) is 31.5. The smallest absolute Gasteiger partial charge is 0.169 e. The molecule has 0 bridgehead atoms. The fourth-order valence-electron chi connectivity index (χ4n) is 3.85. The molecule has 2 unspecified atom stereocenters. The molecule has 0 aliphatic heterocycles. The van der Waals surface area contributed by atoms with E-state index in [0.717, 1.165) is 6.07 Å². The van der Waals surface area contributed by atoms with Gasteiger partial charge in [0.2, 0.25) is 0 Å². The summed E-state index contributed by atoms with van der Waals surface area (Å²) in [6.07, 6.45) is 0.785. The average Bonchev–Trinajstić information content (AvgIpc) is 2.45. The van der Waals surface area contributed by atoms with E-state index >= 15 is 0 Å². The van der Waals surface area contributed by atoms with Crippen molar-refractivity contribution in [3.8, 4) is 17.2 Å². The first-order valence-electron chi connectivity index (χ1n) is 7.18. The summed E-state index contributed by atoms with van der Waals surface area (Å²) in [4.78, 5) is 25.0. The van der Waals surface area contributed by atoms with Crippen LogP contribution in [0.1, 0.15) is 48.5 Å². The molecule has 3 N–H and O–H groups in total. The third kappa shape index (κ3) is 1.58. The third-order valence-corrected chi connectivity index (χ3v) is 5.18. The van der Waals surface area contributed by atoms with Crippen LogP contribution < -0.4 is 4.74 Å². The number of aromatic hydroxyl groups is 2. The van der Waals surface area contributed by atoms with Gasteiger partial charge in [-0.25, -0.2) is 0 Å². The Morgan fingerprint density at radius 3 is 2.59 bits per heavy atom. The van der Waals surface area contributed by atoms with Gasteiger partial charge in [0, 0.05) is 24.5 Å². The first-order valence-corrected chi connectivity index (χ1v) is 7.18. The molecule has 1 fully saturated rings. The van der Waals surface area contributed by atoms with Gasteiger partial charge in [0.1, 0.15) is 11.5 Å². The van der Waals surface area contributed by atoms with E-state index in [9.17, 15) is 24.9 Å². The van der Waals surface area contributed by atoms with Gasteiger partial charge in [0.25, 0.3) is 0 Å². The predicted octanol–water partition coefficient (Wildman–Crippen LogP) is 1.43. The Labute approximate surface area is 127 Å². The van der Waals surface area contributed by atoms with Crippen molar-refractivity contribution in [2.24, 2.45) is 0 Å². The molecule has 1 saturated carbocycles. The maximum absolute atomic E-state index is 12.6. The van der Waals surface area contributed by atoms with E-state index in [0.29, 0.717) is 6.42 Å². The summed E-state index contributed by atoms with van der Waals surface area (Å²) in [7, 11) is 1.31. The SMILES string of the molecule is COc1cc(O)c2c(c1O)C1(C)C(=O)CCCC1(O)CC2=O. The number of Topliss-reactive ketones (excluding diaryl/α,β-unsaturated/α-hetero) is 2. The molecule has 3 rings (SSSR count). The number of hydrogen-bond donors (Lipinski definition) is 3. The number of ether oxygens (including phenoxy) is 1. The highest BCUT2D eigenvalue weighted by atomic mass is 16.5. The molecule has 1 aromatic carbocycles. The number of carbonyl (C=O) groups is 2. The molecule has 2 aliphatic rings. The highest BCUT2D eigenvalue weighted by Gasteiger charge is 2.61. The number of benzene rings is 1. The van der Waals surface area contributed by atoms with Crippen LogP contribution in [0.4, 0.5) is 0 Å². The summed E-state index contributed by atoms with van der Waals surface area (Å²) >= 11 is 0. The van der Waals surface area contributed by atoms with Crippen molar-refractivity contribution >= 4 is 11.6 Å². The van der Waals surface area contributed by atoms with Crippen LogP contribution in [0.15, 0.2) is 6.07 Å². The zero-order valence-corrected chi connectivity index (χ0v) is 12.5. The fourth-order valence-corrected chi connectivity index (χ4v) is 3.85. The van der Waals surface area contributed by atoms with Gasteiger partial charge in [-0.1, -0.05) is 0 Å². The Kier molecular flexibility index (Phi) is 3.01. The highest BCUT2D eigenvalue weighted by Crippen LogP contribution is 2.56. The van der Waals surface area contributed by atoms with E-state index in [2.05, 4.69) is 0 Å². The summed E-state index contributed by atoms with van der Waals surface area (Å²) < 4.78 is 5.01. The molecule has 0 saturated heterocycles. The van der Waals surface area contributed by atoms with Gasteiger partial charge < -0.3 is 20.1 Å². The number of hydrogen-bond acceptors (Lipinski definition) is 6. The van der Waals surface area contributed by atoms with Gasteiger partial charge in [0.05, 0.1) is 23.7 Å². The molecule has 1 aromatic rings. The van der Waals surface area contributed by atoms with Crippen molar-refractivity contribution in [1.82, 2.24) is 0 Å². The molecule has 22 heavy (non-hydrogen) atoms. The van der Waals surface area contributed by atoms with Crippen molar-refractivity contribution in [3.63, 3.8) is 0 Å². The summed E-state index contributed by atoms with van der Waals surface area (Å²) in [6, 6.07) is 1.15. The number of aliphatic hydroxyl groups is 1. The molecule has 2 aliphatic carbocycles. The molecule has 0 aromatic heterocycles. The quantitative estimate of drug-likeness (QED) is 0.678. The van der Waals surface area contributed by atoms with Crippen LogP contribution in [0.25, 0.3) is 0 Å². The zero-order valence-electron chi connectivity index (χ0n) is 12.5. The predicted molar refractivity (Wildman–Crippen MR) is 76.4 cm³/mol. The topological polar surface area (TPSA) is 104 Å². The van der Waals surface area contributed by atoms with Crippen LogP contribution in [0, 0.1) is 0 Å². The van der Waals surface area contributed by atoms with Crippen molar-refractivity contribution in [3.05, 3.63) is 17.2 Å². The summed E-state index contributed by atoms with van der Waals surface area (Å²) in [5.41, 5.74) is -3.11. The number of phenols is 2. The molecule has 2 atom stereocenters. The lowest BCUT2D eigenvalue weighted by Crippen LogP contribution is -2.61. The Morgan fingerprint density at radius 2 is 1.95 bits per heavy atom. The first kappa shape index (κ1) is 14.8. The number of carbonyl (C=O) groups excluding carboxylic acids is 2. The van der Waals surface area contributed by atoms with Gasteiger partial charge >= 0.3 is 0 Å². The molecule has 0 spiro atoms. The van der Waals surface area contributed by atoms with Gasteiger partial charge in [-0.3, -0.25) is 9.59 Å². The van der Waals surface area contributed by atoms with Gasteiger partial charge in [0.15, 0.2) is 17.3 Å². The minimum Gasteiger partial charge on any atom is -0.507 e. The van der Waals surface area contributed by atoms with E-state index in [4.69, 9.17) is 4.74 Å². The summed E-state index contributed by atoms with van der Waals surface area (Å²) in [5.74, 6) is -1.50. The van der Waals surface area contributed by atoms with Crippen LogP contribution in [0.5, 0.6) is 17.2 Å². The minimum absolute atomic E-state index is 0.0206. The zero-order chi connectivity index (χ0) is 16.3. The number of rotatable bonds is 1. The molecule has 0 heterocycles. The van der Waals surface area contributed by atoms with Crippen LogP contribution in [0.3, 0.4) is 0 Å². The van der Waals surface area contributed by atoms with Crippen molar-refractivity contribution in [1.29, 1.82) is 0 Å². The monoisotopic (exact) mass is 306 g/mol. The lowest BCUT2D eigenvalue weighted by molar-refractivity contribution is -0.142. The molecular formula is C16H18O6.